The third kappa shape index (κ3) is 1.89. The van der Waals surface area contributed by atoms with Gasteiger partial charge in [-0.05, 0) is 24.2 Å². The van der Waals surface area contributed by atoms with E-state index in [4.69, 9.17) is 6.42 Å². The Hall–Kier alpha value is -1.60. The number of likely N-dealkylation sites (tertiary alicyclic amines) is 1. The van der Waals surface area contributed by atoms with Crippen LogP contribution in [0.15, 0.2) is 12.2 Å². The summed E-state index contributed by atoms with van der Waals surface area (Å²) in [7, 11) is 4.05. The Morgan fingerprint density at radius 3 is 2.30 bits per heavy atom. The van der Waals surface area contributed by atoms with Crippen LogP contribution in [0.5, 0.6) is 0 Å². The SMILES string of the molecule is C#CC[N+](C)(C)CCN1C(=O)[C@@H]2[C@H](C1=O)[C@@H]1C=C[C@@H]2C1. The standard InChI is InChI=1S/C16H21N2O2/c1-4-8-18(2,3)9-7-17-15(19)13-11-5-6-12(10-11)14(13)16(17)20/h1,5-6,11-14H,7-10H2,2-3H3/q+1/t11-,12-,13-,14+/m1/s1. The number of imide groups is 1. The van der Waals surface area contributed by atoms with Crippen molar-refractivity contribution < 1.29 is 14.1 Å². The van der Waals surface area contributed by atoms with Gasteiger partial charge >= 0.3 is 0 Å². The molecule has 0 aromatic rings. The molecule has 1 saturated heterocycles. The van der Waals surface area contributed by atoms with Crippen LogP contribution in [-0.2, 0) is 9.59 Å². The quantitative estimate of drug-likeness (QED) is 0.324. The van der Waals surface area contributed by atoms with Crippen molar-refractivity contribution in [2.45, 2.75) is 6.42 Å². The molecule has 0 aromatic carbocycles. The summed E-state index contributed by atoms with van der Waals surface area (Å²) in [6, 6.07) is 0. The Balaban J connectivity index is 1.70. The maximum atomic E-state index is 12.5. The fourth-order valence-electron chi connectivity index (χ4n) is 3.88. The predicted molar refractivity (Wildman–Crippen MR) is 75.1 cm³/mol. The maximum Gasteiger partial charge on any atom is 0.233 e. The second kappa shape index (κ2) is 4.46. The van der Waals surface area contributed by atoms with Crippen LogP contribution < -0.4 is 0 Å². The molecule has 0 spiro atoms. The van der Waals surface area contributed by atoms with Crippen LogP contribution >= 0.6 is 0 Å². The summed E-state index contributed by atoms with van der Waals surface area (Å²) in [6.45, 7) is 1.80. The van der Waals surface area contributed by atoms with Gasteiger partial charge in [-0.15, -0.1) is 6.42 Å². The summed E-state index contributed by atoms with van der Waals surface area (Å²) < 4.78 is 0.633. The molecule has 3 rings (SSSR count). The van der Waals surface area contributed by atoms with E-state index in [-0.39, 0.29) is 23.7 Å². The molecule has 1 saturated carbocycles. The topological polar surface area (TPSA) is 37.4 Å². The van der Waals surface area contributed by atoms with E-state index in [1.165, 1.54) is 4.90 Å². The lowest BCUT2D eigenvalue weighted by Crippen LogP contribution is -2.47. The Kier molecular flexibility index (Phi) is 2.98. The Bertz CT molecular complexity index is 499. The molecular weight excluding hydrogens is 252 g/mol. The van der Waals surface area contributed by atoms with Crippen molar-refractivity contribution in [1.29, 1.82) is 0 Å². The molecule has 106 valence electrons. The maximum absolute atomic E-state index is 12.5. The number of likely N-dealkylation sites (N-methyl/N-ethyl adjacent to an activating group) is 1. The first-order chi connectivity index (χ1) is 9.44. The number of hydrogen-bond acceptors (Lipinski definition) is 2. The molecule has 1 heterocycles. The second-order valence-corrected chi connectivity index (χ2v) is 6.85. The summed E-state index contributed by atoms with van der Waals surface area (Å²) in [4.78, 5) is 26.5. The molecule has 0 N–H and O–H groups in total. The van der Waals surface area contributed by atoms with Crippen LogP contribution in [0.25, 0.3) is 0 Å². The first-order valence-electron chi connectivity index (χ1n) is 7.23. The average Bonchev–Trinajstić information content (AvgIpc) is 3.03. The highest BCUT2D eigenvalue weighted by atomic mass is 16.2. The zero-order valence-electron chi connectivity index (χ0n) is 12.1. The first kappa shape index (κ1) is 13.4. The van der Waals surface area contributed by atoms with Crippen LogP contribution in [0, 0.1) is 36.0 Å². The van der Waals surface area contributed by atoms with Gasteiger partial charge in [-0.2, -0.15) is 0 Å². The Morgan fingerprint density at radius 1 is 1.25 bits per heavy atom. The van der Waals surface area contributed by atoms with Crippen molar-refractivity contribution in [3.8, 4) is 12.3 Å². The molecule has 0 radical (unpaired) electrons. The number of amides is 2. The number of nitrogens with zero attached hydrogens (tertiary/aromatic N) is 2. The second-order valence-electron chi connectivity index (χ2n) is 6.85. The molecule has 20 heavy (non-hydrogen) atoms. The van der Waals surface area contributed by atoms with Gasteiger partial charge < -0.3 is 4.48 Å². The number of terminal acetylenes is 1. The van der Waals surface area contributed by atoms with E-state index in [1.807, 2.05) is 14.1 Å². The van der Waals surface area contributed by atoms with Gasteiger partial charge in [-0.25, -0.2) is 0 Å². The van der Waals surface area contributed by atoms with Gasteiger partial charge in [0.05, 0.1) is 39.0 Å². The van der Waals surface area contributed by atoms with Crippen LogP contribution in [0.3, 0.4) is 0 Å². The third-order valence-corrected chi connectivity index (χ3v) is 5.01. The number of hydrogen-bond donors (Lipinski definition) is 0. The lowest BCUT2D eigenvalue weighted by Gasteiger charge is -2.29. The van der Waals surface area contributed by atoms with Gasteiger partial charge in [0.2, 0.25) is 11.8 Å². The molecular formula is C16H21N2O2+. The molecule has 2 fully saturated rings. The zero-order valence-corrected chi connectivity index (χ0v) is 12.1. The fourth-order valence-corrected chi connectivity index (χ4v) is 3.88. The van der Waals surface area contributed by atoms with Crippen molar-refractivity contribution in [2.75, 3.05) is 33.7 Å². The highest BCUT2D eigenvalue weighted by Crippen LogP contribution is 2.52. The van der Waals surface area contributed by atoms with Gasteiger partial charge in [0, 0.05) is 0 Å². The van der Waals surface area contributed by atoms with Crippen molar-refractivity contribution in [2.24, 2.45) is 23.7 Å². The van der Waals surface area contributed by atoms with E-state index in [0.29, 0.717) is 36.0 Å². The molecule has 0 aromatic heterocycles. The zero-order chi connectivity index (χ0) is 14.5. The van der Waals surface area contributed by atoms with Gasteiger partial charge in [0.25, 0.3) is 0 Å². The first-order valence-corrected chi connectivity index (χ1v) is 7.23. The Labute approximate surface area is 120 Å². The van der Waals surface area contributed by atoms with Crippen LogP contribution in [0.2, 0.25) is 0 Å². The number of allylic oxidation sites excluding steroid dienone is 2. The predicted octanol–water partition coefficient (Wildman–Crippen LogP) is 0.503. The number of carbonyl (C=O) groups excluding carboxylic acids is 2. The summed E-state index contributed by atoms with van der Waals surface area (Å²) in [5, 5.41) is 0. The minimum atomic E-state index is -0.0826. The highest BCUT2D eigenvalue weighted by Gasteiger charge is 2.59. The normalized spacial score (nSPS) is 34.8. The van der Waals surface area contributed by atoms with Crippen molar-refractivity contribution in [3.05, 3.63) is 12.2 Å². The summed E-state index contributed by atoms with van der Waals surface area (Å²) in [5.74, 6) is 3.14. The van der Waals surface area contributed by atoms with E-state index >= 15 is 0 Å². The molecule has 2 bridgehead atoms. The van der Waals surface area contributed by atoms with Gasteiger partial charge in [0.1, 0.15) is 6.54 Å². The van der Waals surface area contributed by atoms with E-state index in [0.717, 1.165) is 6.42 Å². The minimum absolute atomic E-state index is 0.0394. The van der Waals surface area contributed by atoms with Gasteiger partial charge in [-0.3, -0.25) is 14.5 Å². The lowest BCUT2D eigenvalue weighted by molar-refractivity contribution is -0.882. The molecule has 4 heteroatoms. The number of rotatable bonds is 4. The molecule has 0 unspecified atom stereocenters. The van der Waals surface area contributed by atoms with E-state index in [9.17, 15) is 9.59 Å². The lowest BCUT2D eigenvalue weighted by atomic mass is 9.85. The van der Waals surface area contributed by atoms with Gasteiger partial charge in [-0.1, -0.05) is 12.2 Å². The molecule has 2 aliphatic carbocycles. The summed E-state index contributed by atoms with van der Waals surface area (Å²) in [5.41, 5.74) is 0. The number of fused-ring (bicyclic) bond motifs is 5. The molecule has 4 atom stereocenters. The smallest absolute Gasteiger partial charge is 0.233 e. The van der Waals surface area contributed by atoms with Gasteiger partial charge in [0.15, 0.2) is 0 Å². The van der Waals surface area contributed by atoms with Crippen molar-refractivity contribution in [1.82, 2.24) is 4.90 Å². The summed E-state index contributed by atoms with van der Waals surface area (Å²) >= 11 is 0. The molecule has 4 nitrogen and oxygen atoms in total. The molecule has 3 aliphatic rings. The number of carbonyl (C=O) groups is 2. The minimum Gasteiger partial charge on any atom is -0.317 e. The van der Waals surface area contributed by atoms with Crippen LogP contribution in [0.4, 0.5) is 0 Å². The number of quaternary nitrogens is 1. The van der Waals surface area contributed by atoms with Crippen LogP contribution in [-0.4, -0.2) is 54.9 Å². The Morgan fingerprint density at radius 2 is 1.80 bits per heavy atom. The average molecular weight is 273 g/mol. The van der Waals surface area contributed by atoms with E-state index < -0.39 is 0 Å². The monoisotopic (exact) mass is 273 g/mol. The highest BCUT2D eigenvalue weighted by molar-refractivity contribution is 6.06. The van der Waals surface area contributed by atoms with E-state index in [1.54, 1.807) is 0 Å². The van der Waals surface area contributed by atoms with Crippen LogP contribution in [0.1, 0.15) is 6.42 Å². The van der Waals surface area contributed by atoms with E-state index in [2.05, 4.69) is 18.1 Å². The van der Waals surface area contributed by atoms with Crippen molar-refractivity contribution >= 4 is 11.8 Å². The fraction of sp³-hybridized carbons (Fsp3) is 0.625. The molecule has 2 amide bonds. The summed E-state index contributed by atoms with van der Waals surface area (Å²) in [6.07, 6.45) is 10.6. The molecule has 1 aliphatic heterocycles. The van der Waals surface area contributed by atoms with Crippen molar-refractivity contribution in [3.63, 3.8) is 0 Å². The third-order valence-electron chi connectivity index (χ3n) is 5.01. The largest absolute Gasteiger partial charge is 0.317 e.